The molecule has 1 aromatic rings. The van der Waals surface area contributed by atoms with Crippen LogP contribution in [0, 0.1) is 0 Å². The molecule has 0 atom stereocenters. The standard InChI is InChI=1S/C16H25N3O2/c1-2-18(11-12-20)16(21)17-14-7-6-8-15(13-14)19-9-4-3-5-10-19/h6-8,13,20H,2-5,9-12H2,1H3,(H,17,21). The molecule has 1 fully saturated rings. The smallest absolute Gasteiger partial charge is 0.321 e. The van der Waals surface area contributed by atoms with Gasteiger partial charge in [-0.05, 0) is 44.4 Å². The van der Waals surface area contributed by atoms with Gasteiger partial charge in [0, 0.05) is 37.6 Å². The minimum absolute atomic E-state index is 0.0188. The molecule has 1 aromatic carbocycles. The minimum atomic E-state index is -0.164. The average Bonchev–Trinajstić information content (AvgIpc) is 2.53. The van der Waals surface area contributed by atoms with E-state index in [9.17, 15) is 4.79 Å². The second-order valence-corrected chi connectivity index (χ2v) is 5.33. The zero-order valence-corrected chi connectivity index (χ0v) is 12.7. The van der Waals surface area contributed by atoms with E-state index in [0.29, 0.717) is 13.1 Å². The summed E-state index contributed by atoms with van der Waals surface area (Å²) in [5.41, 5.74) is 1.97. The topological polar surface area (TPSA) is 55.8 Å². The van der Waals surface area contributed by atoms with Crippen molar-refractivity contribution in [3.8, 4) is 0 Å². The van der Waals surface area contributed by atoms with Crippen molar-refractivity contribution < 1.29 is 9.90 Å². The maximum atomic E-state index is 12.1. The molecule has 0 saturated carbocycles. The van der Waals surface area contributed by atoms with E-state index in [4.69, 9.17) is 5.11 Å². The summed E-state index contributed by atoms with van der Waals surface area (Å²) in [6.07, 6.45) is 3.77. The molecule has 0 aromatic heterocycles. The number of anilines is 2. The van der Waals surface area contributed by atoms with Crippen LogP contribution in [0.1, 0.15) is 26.2 Å². The van der Waals surface area contributed by atoms with Gasteiger partial charge in [0.15, 0.2) is 0 Å². The van der Waals surface area contributed by atoms with Crippen LogP contribution in [0.25, 0.3) is 0 Å². The molecule has 5 nitrogen and oxygen atoms in total. The number of likely N-dealkylation sites (N-methyl/N-ethyl adjacent to an activating group) is 1. The number of amides is 2. The molecular formula is C16H25N3O2. The average molecular weight is 291 g/mol. The number of aliphatic hydroxyl groups excluding tert-OH is 1. The van der Waals surface area contributed by atoms with Gasteiger partial charge in [-0.1, -0.05) is 6.07 Å². The monoisotopic (exact) mass is 291 g/mol. The van der Waals surface area contributed by atoms with E-state index in [1.54, 1.807) is 4.90 Å². The molecule has 1 aliphatic heterocycles. The Bertz CT molecular complexity index is 459. The lowest BCUT2D eigenvalue weighted by Gasteiger charge is -2.29. The summed E-state index contributed by atoms with van der Waals surface area (Å²) >= 11 is 0. The summed E-state index contributed by atoms with van der Waals surface area (Å²) in [6, 6.07) is 7.82. The first-order chi connectivity index (χ1) is 10.2. The molecule has 2 amide bonds. The second-order valence-electron chi connectivity index (χ2n) is 5.33. The van der Waals surface area contributed by atoms with E-state index in [1.165, 1.54) is 19.3 Å². The summed E-state index contributed by atoms with van der Waals surface area (Å²) in [6.45, 7) is 4.99. The van der Waals surface area contributed by atoms with E-state index in [2.05, 4.69) is 16.3 Å². The molecular weight excluding hydrogens is 266 g/mol. The van der Waals surface area contributed by atoms with Gasteiger partial charge in [0.25, 0.3) is 0 Å². The summed E-state index contributed by atoms with van der Waals surface area (Å²) in [5.74, 6) is 0. The van der Waals surface area contributed by atoms with Crippen LogP contribution >= 0.6 is 0 Å². The number of nitrogens with zero attached hydrogens (tertiary/aromatic N) is 2. The molecule has 0 radical (unpaired) electrons. The molecule has 1 aliphatic rings. The molecule has 0 bridgehead atoms. The number of benzene rings is 1. The molecule has 5 heteroatoms. The lowest BCUT2D eigenvalue weighted by molar-refractivity contribution is 0.192. The number of hydrogen-bond acceptors (Lipinski definition) is 3. The van der Waals surface area contributed by atoms with E-state index >= 15 is 0 Å². The molecule has 116 valence electrons. The number of carbonyl (C=O) groups is 1. The number of piperidine rings is 1. The zero-order valence-electron chi connectivity index (χ0n) is 12.7. The minimum Gasteiger partial charge on any atom is -0.395 e. The molecule has 1 heterocycles. The largest absolute Gasteiger partial charge is 0.395 e. The second kappa shape index (κ2) is 7.88. The molecule has 2 rings (SSSR count). The zero-order chi connectivity index (χ0) is 15.1. The van der Waals surface area contributed by atoms with Crippen LogP contribution in [0.15, 0.2) is 24.3 Å². The van der Waals surface area contributed by atoms with E-state index < -0.39 is 0 Å². The van der Waals surface area contributed by atoms with Crippen LogP contribution in [0.2, 0.25) is 0 Å². The van der Waals surface area contributed by atoms with Crippen molar-refractivity contribution in [1.82, 2.24) is 4.90 Å². The van der Waals surface area contributed by atoms with Gasteiger partial charge in [0.2, 0.25) is 0 Å². The van der Waals surface area contributed by atoms with Gasteiger partial charge in [-0.25, -0.2) is 4.79 Å². The van der Waals surface area contributed by atoms with Crippen molar-refractivity contribution >= 4 is 17.4 Å². The molecule has 21 heavy (non-hydrogen) atoms. The lowest BCUT2D eigenvalue weighted by atomic mass is 10.1. The Hall–Kier alpha value is -1.75. The first kappa shape index (κ1) is 15.6. The Balaban J connectivity index is 2.01. The van der Waals surface area contributed by atoms with E-state index in [0.717, 1.165) is 24.5 Å². The Morgan fingerprint density at radius 3 is 2.76 bits per heavy atom. The molecule has 0 spiro atoms. The Morgan fingerprint density at radius 2 is 2.10 bits per heavy atom. The van der Waals surface area contributed by atoms with Gasteiger partial charge in [0.05, 0.1) is 6.61 Å². The fraction of sp³-hybridized carbons (Fsp3) is 0.562. The highest BCUT2D eigenvalue weighted by Gasteiger charge is 2.13. The van der Waals surface area contributed by atoms with Crippen LogP contribution in [-0.2, 0) is 0 Å². The number of rotatable bonds is 5. The number of hydrogen-bond donors (Lipinski definition) is 2. The van der Waals surface area contributed by atoms with E-state index in [1.807, 2.05) is 25.1 Å². The van der Waals surface area contributed by atoms with Crippen molar-refractivity contribution in [2.24, 2.45) is 0 Å². The fourth-order valence-corrected chi connectivity index (χ4v) is 2.66. The molecule has 1 saturated heterocycles. The van der Waals surface area contributed by atoms with Gasteiger partial charge >= 0.3 is 6.03 Å². The predicted molar refractivity (Wildman–Crippen MR) is 85.9 cm³/mol. The van der Waals surface area contributed by atoms with Crippen molar-refractivity contribution in [3.63, 3.8) is 0 Å². The highest BCUT2D eigenvalue weighted by molar-refractivity contribution is 5.89. The van der Waals surface area contributed by atoms with Crippen molar-refractivity contribution in [2.75, 3.05) is 43.0 Å². The number of urea groups is 1. The first-order valence-electron chi connectivity index (χ1n) is 7.76. The normalized spacial score (nSPS) is 14.9. The Labute approximate surface area is 126 Å². The first-order valence-corrected chi connectivity index (χ1v) is 7.76. The van der Waals surface area contributed by atoms with Crippen LogP contribution in [-0.4, -0.2) is 48.8 Å². The quantitative estimate of drug-likeness (QED) is 0.876. The predicted octanol–water partition coefficient (Wildman–Crippen LogP) is 2.52. The third-order valence-electron chi connectivity index (χ3n) is 3.86. The van der Waals surface area contributed by atoms with Gasteiger partial charge in [-0.2, -0.15) is 0 Å². The number of aliphatic hydroxyl groups is 1. The molecule has 0 aliphatic carbocycles. The van der Waals surface area contributed by atoms with Gasteiger partial charge in [-0.3, -0.25) is 0 Å². The fourth-order valence-electron chi connectivity index (χ4n) is 2.66. The maximum absolute atomic E-state index is 12.1. The van der Waals surface area contributed by atoms with E-state index in [-0.39, 0.29) is 12.6 Å². The molecule has 0 unspecified atom stereocenters. The summed E-state index contributed by atoms with van der Waals surface area (Å²) in [5, 5.41) is 11.9. The highest BCUT2D eigenvalue weighted by Crippen LogP contribution is 2.23. The van der Waals surface area contributed by atoms with Crippen LogP contribution in [0.5, 0.6) is 0 Å². The summed E-state index contributed by atoms with van der Waals surface area (Å²) in [4.78, 5) is 16.1. The highest BCUT2D eigenvalue weighted by atomic mass is 16.3. The number of nitrogens with one attached hydrogen (secondary N) is 1. The maximum Gasteiger partial charge on any atom is 0.321 e. The van der Waals surface area contributed by atoms with Gasteiger partial charge < -0.3 is 20.2 Å². The SMILES string of the molecule is CCN(CCO)C(=O)Nc1cccc(N2CCCCC2)c1. The lowest BCUT2D eigenvalue weighted by Crippen LogP contribution is -2.36. The van der Waals surface area contributed by atoms with Crippen molar-refractivity contribution in [2.45, 2.75) is 26.2 Å². The third kappa shape index (κ3) is 4.36. The summed E-state index contributed by atoms with van der Waals surface area (Å²) < 4.78 is 0. The molecule has 2 N–H and O–H groups in total. The Kier molecular flexibility index (Phi) is 5.87. The number of carbonyl (C=O) groups excluding carboxylic acids is 1. The van der Waals surface area contributed by atoms with Crippen LogP contribution in [0.3, 0.4) is 0 Å². The van der Waals surface area contributed by atoms with Gasteiger partial charge in [-0.15, -0.1) is 0 Å². The van der Waals surface area contributed by atoms with Crippen LogP contribution < -0.4 is 10.2 Å². The van der Waals surface area contributed by atoms with Crippen LogP contribution in [0.4, 0.5) is 16.2 Å². The van der Waals surface area contributed by atoms with Crippen molar-refractivity contribution in [1.29, 1.82) is 0 Å². The summed E-state index contributed by atoms with van der Waals surface area (Å²) in [7, 11) is 0. The van der Waals surface area contributed by atoms with Gasteiger partial charge in [0.1, 0.15) is 0 Å². The third-order valence-corrected chi connectivity index (χ3v) is 3.86. The Morgan fingerprint density at radius 1 is 1.33 bits per heavy atom. The van der Waals surface area contributed by atoms with Crippen molar-refractivity contribution in [3.05, 3.63) is 24.3 Å².